The second-order valence-electron chi connectivity index (χ2n) is 6.21. The third-order valence-electron chi connectivity index (χ3n) is 4.09. The Bertz CT molecular complexity index is 1040. The van der Waals surface area contributed by atoms with Crippen LogP contribution in [0.2, 0.25) is 5.02 Å². The number of ether oxygens (including phenoxy) is 2. The molecule has 3 aromatic rings. The Hall–Kier alpha value is -2.83. The molecule has 154 valence electrons. The van der Waals surface area contributed by atoms with Crippen molar-refractivity contribution in [3.8, 4) is 11.5 Å². The van der Waals surface area contributed by atoms with Crippen LogP contribution < -0.4 is 14.9 Å². The van der Waals surface area contributed by atoms with Gasteiger partial charge in [-0.15, -0.1) is 0 Å². The number of hydrogen-bond acceptors (Lipinski definition) is 4. The Kier molecular flexibility index (Phi) is 7.88. The Morgan fingerprint density at radius 1 is 1.07 bits per heavy atom. The van der Waals surface area contributed by atoms with E-state index in [2.05, 4.69) is 26.5 Å². The van der Waals surface area contributed by atoms with Crippen molar-refractivity contribution in [2.45, 2.75) is 13.5 Å². The summed E-state index contributed by atoms with van der Waals surface area (Å²) in [4.78, 5) is 12.2. The summed E-state index contributed by atoms with van der Waals surface area (Å²) in [7, 11) is 0. The molecule has 30 heavy (non-hydrogen) atoms. The summed E-state index contributed by atoms with van der Waals surface area (Å²) < 4.78 is 12.4. The van der Waals surface area contributed by atoms with Gasteiger partial charge in [0.05, 0.1) is 23.4 Å². The number of carbonyl (C=O) groups excluding carboxylic acids is 1. The lowest BCUT2D eigenvalue weighted by Crippen LogP contribution is -2.18. The van der Waals surface area contributed by atoms with Crippen molar-refractivity contribution in [3.63, 3.8) is 0 Å². The minimum absolute atomic E-state index is 0.357. The Balaban J connectivity index is 1.73. The summed E-state index contributed by atoms with van der Waals surface area (Å²) in [5.74, 6) is 0.821. The first-order valence-corrected chi connectivity index (χ1v) is 10.5. The van der Waals surface area contributed by atoms with Gasteiger partial charge < -0.3 is 9.47 Å². The largest absolute Gasteiger partial charge is 0.490 e. The molecule has 0 aliphatic rings. The SMILES string of the molecule is CCOc1cc(/C=N\NC(=O)c2ccccc2Cl)c(Br)cc1OCc1ccccc1. The number of rotatable bonds is 8. The molecule has 0 aromatic heterocycles. The average molecular weight is 488 g/mol. The van der Waals surface area contributed by atoms with E-state index >= 15 is 0 Å². The van der Waals surface area contributed by atoms with Crippen LogP contribution in [-0.2, 0) is 6.61 Å². The summed E-state index contributed by atoms with van der Waals surface area (Å²) in [5.41, 5.74) is 4.62. The Labute approximate surface area is 188 Å². The van der Waals surface area contributed by atoms with Crippen LogP contribution >= 0.6 is 27.5 Å². The molecular weight excluding hydrogens is 468 g/mol. The second-order valence-corrected chi connectivity index (χ2v) is 7.47. The number of hydrazone groups is 1. The highest BCUT2D eigenvalue weighted by molar-refractivity contribution is 9.10. The third-order valence-corrected chi connectivity index (χ3v) is 5.10. The highest BCUT2D eigenvalue weighted by Gasteiger charge is 2.11. The van der Waals surface area contributed by atoms with Crippen LogP contribution in [0.4, 0.5) is 0 Å². The summed E-state index contributed by atoms with van der Waals surface area (Å²) in [6.07, 6.45) is 1.53. The van der Waals surface area contributed by atoms with E-state index < -0.39 is 0 Å². The quantitative estimate of drug-likeness (QED) is 0.320. The van der Waals surface area contributed by atoms with Crippen LogP contribution in [0.3, 0.4) is 0 Å². The van der Waals surface area contributed by atoms with E-state index in [0.29, 0.717) is 35.3 Å². The van der Waals surface area contributed by atoms with Crippen LogP contribution in [-0.4, -0.2) is 18.7 Å². The maximum Gasteiger partial charge on any atom is 0.272 e. The standard InChI is InChI=1S/C23H20BrClN2O3/c1-2-29-21-12-17(14-26-27-23(28)18-10-6-7-11-20(18)25)19(24)13-22(21)30-15-16-8-4-3-5-9-16/h3-14H,2,15H2,1H3,(H,27,28)/b26-14-. The van der Waals surface area contributed by atoms with Gasteiger partial charge in [0, 0.05) is 10.0 Å². The lowest BCUT2D eigenvalue weighted by Gasteiger charge is -2.14. The molecule has 0 radical (unpaired) electrons. The van der Waals surface area contributed by atoms with Gasteiger partial charge >= 0.3 is 0 Å². The van der Waals surface area contributed by atoms with Crippen LogP contribution in [0.15, 0.2) is 76.3 Å². The van der Waals surface area contributed by atoms with E-state index in [9.17, 15) is 4.79 Å². The van der Waals surface area contributed by atoms with Crippen molar-refractivity contribution in [2.24, 2.45) is 5.10 Å². The van der Waals surface area contributed by atoms with Gasteiger partial charge in [0.25, 0.3) is 5.91 Å². The molecule has 1 amide bonds. The van der Waals surface area contributed by atoms with Crippen LogP contribution in [0.1, 0.15) is 28.4 Å². The number of hydrogen-bond donors (Lipinski definition) is 1. The van der Waals surface area contributed by atoms with Gasteiger partial charge in [-0.1, -0.05) is 54.1 Å². The maximum atomic E-state index is 12.2. The number of amides is 1. The minimum atomic E-state index is -0.388. The minimum Gasteiger partial charge on any atom is -0.490 e. The molecule has 0 bridgehead atoms. The van der Waals surface area contributed by atoms with Crippen molar-refractivity contribution >= 4 is 39.7 Å². The van der Waals surface area contributed by atoms with E-state index in [1.807, 2.05) is 43.3 Å². The number of nitrogens with zero attached hydrogens (tertiary/aromatic N) is 1. The molecule has 3 rings (SSSR count). The first-order valence-electron chi connectivity index (χ1n) is 9.29. The van der Waals surface area contributed by atoms with Crippen LogP contribution in [0.25, 0.3) is 0 Å². The molecule has 3 aromatic carbocycles. The normalized spacial score (nSPS) is 10.8. The number of carbonyl (C=O) groups is 1. The first-order chi connectivity index (χ1) is 14.6. The molecular formula is C23H20BrClN2O3. The molecule has 7 heteroatoms. The van der Waals surface area contributed by atoms with Gasteiger partial charge in [-0.2, -0.15) is 5.10 Å². The maximum absolute atomic E-state index is 12.2. The van der Waals surface area contributed by atoms with Crippen LogP contribution in [0, 0.1) is 0 Å². The van der Waals surface area contributed by atoms with Crippen molar-refractivity contribution in [3.05, 3.63) is 92.9 Å². The molecule has 0 spiro atoms. The second kappa shape index (κ2) is 10.8. The molecule has 5 nitrogen and oxygen atoms in total. The van der Waals surface area contributed by atoms with Gasteiger partial charge in [-0.25, -0.2) is 5.43 Å². The van der Waals surface area contributed by atoms with E-state index in [4.69, 9.17) is 21.1 Å². The molecule has 0 aliphatic carbocycles. The molecule has 1 N–H and O–H groups in total. The summed E-state index contributed by atoms with van der Waals surface area (Å²) in [6.45, 7) is 2.82. The monoisotopic (exact) mass is 486 g/mol. The fourth-order valence-corrected chi connectivity index (χ4v) is 3.28. The van der Waals surface area contributed by atoms with Gasteiger partial charge in [0.2, 0.25) is 0 Å². The van der Waals surface area contributed by atoms with E-state index in [1.165, 1.54) is 6.21 Å². The van der Waals surface area contributed by atoms with Gasteiger partial charge in [0.15, 0.2) is 11.5 Å². The molecule has 0 fully saturated rings. The molecule has 0 aliphatic heterocycles. The fraction of sp³-hybridized carbons (Fsp3) is 0.130. The van der Waals surface area contributed by atoms with Crippen molar-refractivity contribution in [1.29, 1.82) is 0 Å². The number of nitrogens with one attached hydrogen (secondary N) is 1. The highest BCUT2D eigenvalue weighted by atomic mass is 79.9. The smallest absolute Gasteiger partial charge is 0.272 e. The predicted molar refractivity (Wildman–Crippen MR) is 123 cm³/mol. The first kappa shape index (κ1) is 21.9. The van der Waals surface area contributed by atoms with Gasteiger partial charge in [-0.3, -0.25) is 4.79 Å². The Morgan fingerprint density at radius 3 is 2.50 bits per heavy atom. The molecule has 0 unspecified atom stereocenters. The van der Waals surface area contributed by atoms with Gasteiger partial charge in [-0.05, 0) is 52.7 Å². The average Bonchev–Trinajstić information content (AvgIpc) is 2.75. The van der Waals surface area contributed by atoms with E-state index in [1.54, 1.807) is 30.3 Å². The molecule has 0 saturated carbocycles. The van der Waals surface area contributed by atoms with Gasteiger partial charge in [0.1, 0.15) is 6.61 Å². The lowest BCUT2D eigenvalue weighted by molar-refractivity contribution is 0.0955. The number of benzene rings is 3. The Morgan fingerprint density at radius 2 is 1.77 bits per heavy atom. The van der Waals surface area contributed by atoms with E-state index in [0.717, 1.165) is 15.6 Å². The van der Waals surface area contributed by atoms with Crippen molar-refractivity contribution < 1.29 is 14.3 Å². The topological polar surface area (TPSA) is 59.9 Å². The summed E-state index contributed by atoms with van der Waals surface area (Å²) in [6, 6.07) is 20.3. The van der Waals surface area contributed by atoms with Crippen LogP contribution in [0.5, 0.6) is 11.5 Å². The lowest BCUT2D eigenvalue weighted by atomic mass is 10.2. The molecule has 0 heterocycles. The molecule has 0 atom stereocenters. The zero-order valence-corrected chi connectivity index (χ0v) is 18.6. The summed E-state index contributed by atoms with van der Waals surface area (Å²) >= 11 is 9.56. The van der Waals surface area contributed by atoms with Crippen molar-refractivity contribution in [1.82, 2.24) is 5.43 Å². The zero-order valence-electron chi connectivity index (χ0n) is 16.3. The van der Waals surface area contributed by atoms with E-state index in [-0.39, 0.29) is 5.91 Å². The highest BCUT2D eigenvalue weighted by Crippen LogP contribution is 2.33. The fourth-order valence-electron chi connectivity index (χ4n) is 2.63. The summed E-state index contributed by atoms with van der Waals surface area (Å²) in [5, 5.41) is 4.40. The molecule has 0 saturated heterocycles. The predicted octanol–water partition coefficient (Wildman–Crippen LogP) is 5.84. The number of halogens is 2. The van der Waals surface area contributed by atoms with Crippen molar-refractivity contribution in [2.75, 3.05) is 6.61 Å². The zero-order chi connectivity index (χ0) is 21.3. The third kappa shape index (κ3) is 5.84.